The minimum absolute atomic E-state index is 0.0246. The fourth-order valence-corrected chi connectivity index (χ4v) is 2.83. The molecule has 2 aromatic heterocycles. The SMILES string of the molecule is COCC(=O)N1CCC(c2ccnc(Nc3ncccc3C)n2)C1. The van der Waals surface area contributed by atoms with Crippen LogP contribution >= 0.6 is 0 Å². The molecule has 1 N–H and O–H groups in total. The molecule has 1 aliphatic heterocycles. The van der Waals surface area contributed by atoms with Crippen LogP contribution in [0.2, 0.25) is 0 Å². The molecule has 1 atom stereocenters. The van der Waals surface area contributed by atoms with Crippen molar-refractivity contribution in [1.29, 1.82) is 0 Å². The Kier molecular flexibility index (Phi) is 5.00. The second-order valence-corrected chi connectivity index (χ2v) is 5.86. The van der Waals surface area contributed by atoms with Crippen molar-refractivity contribution in [2.75, 3.05) is 32.1 Å². The van der Waals surface area contributed by atoms with Gasteiger partial charge in [-0.05, 0) is 31.0 Å². The van der Waals surface area contributed by atoms with E-state index in [1.807, 2.05) is 30.0 Å². The molecule has 24 heavy (non-hydrogen) atoms. The molecule has 0 bridgehead atoms. The summed E-state index contributed by atoms with van der Waals surface area (Å²) in [5, 5.41) is 3.16. The molecule has 2 aromatic rings. The van der Waals surface area contributed by atoms with Crippen LogP contribution in [0.1, 0.15) is 23.6 Å². The predicted octanol–water partition coefficient (Wildman–Crippen LogP) is 1.89. The van der Waals surface area contributed by atoms with E-state index in [0.717, 1.165) is 30.0 Å². The number of rotatable bonds is 5. The summed E-state index contributed by atoms with van der Waals surface area (Å²) in [4.78, 5) is 26.9. The van der Waals surface area contributed by atoms with E-state index in [1.54, 1.807) is 12.4 Å². The molecular formula is C17H21N5O2. The van der Waals surface area contributed by atoms with E-state index in [1.165, 1.54) is 7.11 Å². The molecule has 7 heteroatoms. The van der Waals surface area contributed by atoms with Gasteiger partial charge in [-0.15, -0.1) is 0 Å². The number of amides is 1. The minimum Gasteiger partial charge on any atom is -0.375 e. The molecule has 0 aliphatic carbocycles. The Morgan fingerprint density at radius 3 is 3.04 bits per heavy atom. The van der Waals surface area contributed by atoms with Gasteiger partial charge in [0.2, 0.25) is 11.9 Å². The molecule has 1 fully saturated rings. The van der Waals surface area contributed by atoms with Crippen molar-refractivity contribution in [3.05, 3.63) is 41.9 Å². The number of anilines is 2. The Morgan fingerprint density at radius 1 is 1.38 bits per heavy atom. The molecule has 0 spiro atoms. The third-order valence-corrected chi connectivity index (χ3v) is 4.14. The van der Waals surface area contributed by atoms with Crippen molar-refractivity contribution in [1.82, 2.24) is 19.9 Å². The maximum absolute atomic E-state index is 11.9. The lowest BCUT2D eigenvalue weighted by Crippen LogP contribution is -2.31. The van der Waals surface area contributed by atoms with Crippen molar-refractivity contribution in [3.8, 4) is 0 Å². The number of hydrogen-bond donors (Lipinski definition) is 1. The van der Waals surface area contributed by atoms with Crippen LogP contribution < -0.4 is 5.32 Å². The predicted molar refractivity (Wildman–Crippen MR) is 90.1 cm³/mol. The van der Waals surface area contributed by atoms with Crippen molar-refractivity contribution in [3.63, 3.8) is 0 Å². The average molecular weight is 327 g/mol. The summed E-state index contributed by atoms with van der Waals surface area (Å²) >= 11 is 0. The number of carbonyl (C=O) groups excluding carboxylic acids is 1. The molecule has 0 saturated carbocycles. The normalized spacial score (nSPS) is 17.1. The van der Waals surface area contributed by atoms with E-state index in [4.69, 9.17) is 4.74 Å². The Hall–Kier alpha value is -2.54. The third kappa shape index (κ3) is 3.68. The van der Waals surface area contributed by atoms with E-state index in [2.05, 4.69) is 20.3 Å². The van der Waals surface area contributed by atoms with Crippen molar-refractivity contribution in [2.45, 2.75) is 19.3 Å². The Morgan fingerprint density at radius 2 is 2.25 bits per heavy atom. The highest BCUT2D eigenvalue weighted by atomic mass is 16.5. The van der Waals surface area contributed by atoms with Gasteiger partial charge in [0.1, 0.15) is 12.4 Å². The van der Waals surface area contributed by atoms with Crippen LogP contribution in [0.25, 0.3) is 0 Å². The van der Waals surface area contributed by atoms with E-state index in [-0.39, 0.29) is 18.4 Å². The van der Waals surface area contributed by atoms with Gasteiger partial charge in [-0.1, -0.05) is 6.07 Å². The number of methoxy groups -OCH3 is 1. The summed E-state index contributed by atoms with van der Waals surface area (Å²) in [5.74, 6) is 1.52. The van der Waals surface area contributed by atoms with Gasteiger partial charge < -0.3 is 15.0 Å². The van der Waals surface area contributed by atoms with Gasteiger partial charge in [-0.3, -0.25) is 4.79 Å². The summed E-state index contributed by atoms with van der Waals surface area (Å²) in [6.07, 6.45) is 4.37. The lowest BCUT2D eigenvalue weighted by molar-refractivity contribution is -0.134. The Bertz CT molecular complexity index is 722. The van der Waals surface area contributed by atoms with Crippen LogP contribution in [0.3, 0.4) is 0 Å². The van der Waals surface area contributed by atoms with E-state index >= 15 is 0 Å². The number of hydrogen-bond acceptors (Lipinski definition) is 6. The van der Waals surface area contributed by atoms with Gasteiger partial charge in [-0.25, -0.2) is 15.0 Å². The Labute approximate surface area is 141 Å². The smallest absolute Gasteiger partial charge is 0.248 e. The monoisotopic (exact) mass is 327 g/mol. The first-order chi connectivity index (χ1) is 11.7. The van der Waals surface area contributed by atoms with Gasteiger partial charge in [-0.2, -0.15) is 0 Å². The molecule has 1 unspecified atom stereocenters. The summed E-state index contributed by atoms with van der Waals surface area (Å²) < 4.78 is 4.92. The van der Waals surface area contributed by atoms with Crippen LogP contribution in [0.5, 0.6) is 0 Å². The van der Waals surface area contributed by atoms with Crippen LogP contribution in [0, 0.1) is 6.92 Å². The molecule has 7 nitrogen and oxygen atoms in total. The highest BCUT2D eigenvalue weighted by Gasteiger charge is 2.28. The van der Waals surface area contributed by atoms with Crippen LogP contribution in [0.15, 0.2) is 30.6 Å². The summed E-state index contributed by atoms with van der Waals surface area (Å²) in [5.41, 5.74) is 1.97. The molecular weight excluding hydrogens is 306 g/mol. The summed E-state index contributed by atoms with van der Waals surface area (Å²) in [6, 6.07) is 5.78. The lowest BCUT2D eigenvalue weighted by atomic mass is 10.1. The van der Waals surface area contributed by atoms with Gasteiger partial charge >= 0.3 is 0 Å². The van der Waals surface area contributed by atoms with E-state index in [0.29, 0.717) is 12.5 Å². The highest BCUT2D eigenvalue weighted by molar-refractivity contribution is 5.77. The zero-order chi connectivity index (χ0) is 16.9. The molecule has 3 heterocycles. The van der Waals surface area contributed by atoms with Crippen molar-refractivity contribution in [2.24, 2.45) is 0 Å². The number of pyridine rings is 1. The number of ether oxygens (including phenoxy) is 1. The van der Waals surface area contributed by atoms with Crippen LogP contribution in [-0.2, 0) is 9.53 Å². The number of nitrogens with zero attached hydrogens (tertiary/aromatic N) is 4. The first-order valence-corrected chi connectivity index (χ1v) is 7.95. The topological polar surface area (TPSA) is 80.2 Å². The Balaban J connectivity index is 1.70. The number of aromatic nitrogens is 3. The largest absolute Gasteiger partial charge is 0.375 e. The highest BCUT2D eigenvalue weighted by Crippen LogP contribution is 2.26. The number of likely N-dealkylation sites (tertiary alicyclic amines) is 1. The fraction of sp³-hybridized carbons (Fsp3) is 0.412. The first kappa shape index (κ1) is 16.3. The average Bonchev–Trinajstić information content (AvgIpc) is 3.08. The number of nitrogens with one attached hydrogen (secondary N) is 1. The van der Waals surface area contributed by atoms with E-state index < -0.39 is 0 Å². The summed E-state index contributed by atoms with van der Waals surface area (Å²) in [6.45, 7) is 3.51. The minimum atomic E-state index is 0.0246. The maximum Gasteiger partial charge on any atom is 0.248 e. The van der Waals surface area contributed by atoms with Gasteiger partial charge in [0.25, 0.3) is 0 Å². The zero-order valence-corrected chi connectivity index (χ0v) is 13.9. The van der Waals surface area contributed by atoms with Crippen molar-refractivity contribution < 1.29 is 9.53 Å². The molecule has 1 saturated heterocycles. The second kappa shape index (κ2) is 7.35. The summed E-state index contributed by atoms with van der Waals surface area (Å²) in [7, 11) is 1.54. The quantitative estimate of drug-likeness (QED) is 0.903. The van der Waals surface area contributed by atoms with Crippen LogP contribution in [0.4, 0.5) is 11.8 Å². The molecule has 0 aromatic carbocycles. The van der Waals surface area contributed by atoms with E-state index in [9.17, 15) is 4.79 Å². The number of carbonyl (C=O) groups is 1. The maximum atomic E-state index is 11.9. The molecule has 1 amide bonds. The third-order valence-electron chi connectivity index (χ3n) is 4.14. The second-order valence-electron chi connectivity index (χ2n) is 5.86. The molecule has 0 radical (unpaired) electrons. The molecule has 126 valence electrons. The van der Waals surface area contributed by atoms with Crippen molar-refractivity contribution >= 4 is 17.7 Å². The zero-order valence-electron chi connectivity index (χ0n) is 13.9. The standard InChI is InChI=1S/C17H21N5O2/c1-12-4-3-7-18-16(12)21-17-19-8-5-14(20-17)13-6-9-22(10-13)15(23)11-24-2/h3-5,7-8,13H,6,9-11H2,1-2H3,(H,18,19,20,21). The molecule has 1 aliphatic rings. The number of aryl methyl sites for hydroxylation is 1. The molecule has 3 rings (SSSR count). The fourth-order valence-electron chi connectivity index (χ4n) is 2.83. The van der Waals surface area contributed by atoms with Gasteiger partial charge in [0.05, 0.1) is 5.69 Å². The lowest BCUT2D eigenvalue weighted by Gasteiger charge is -2.16. The first-order valence-electron chi connectivity index (χ1n) is 7.95. The van der Waals surface area contributed by atoms with Gasteiger partial charge in [0.15, 0.2) is 0 Å². The van der Waals surface area contributed by atoms with Gasteiger partial charge in [0, 0.05) is 38.5 Å². The van der Waals surface area contributed by atoms with Crippen LogP contribution in [-0.4, -0.2) is 52.6 Å².